The van der Waals surface area contributed by atoms with Crippen LogP contribution in [-0.4, -0.2) is 35.9 Å². The molecule has 0 spiro atoms. The lowest BCUT2D eigenvalue weighted by atomic mass is 9.80. The molecule has 1 amide bonds. The molecule has 4 N–H and O–H groups in total. The summed E-state index contributed by atoms with van der Waals surface area (Å²) < 4.78 is 54.0. The van der Waals surface area contributed by atoms with Gasteiger partial charge in [-0.05, 0) is 12.8 Å². The first-order chi connectivity index (χ1) is 13.6. The molecule has 0 saturated carbocycles. The number of nitrogens with one attached hydrogen (secondary N) is 2. The number of carbonyl (C=O) groups excluding carboxylic acids is 1. The number of pyridine rings is 1. The van der Waals surface area contributed by atoms with Gasteiger partial charge in [0.25, 0.3) is 0 Å². The van der Waals surface area contributed by atoms with Crippen LogP contribution in [0.1, 0.15) is 25.0 Å². The molecule has 2 aliphatic rings. The van der Waals surface area contributed by atoms with Crippen molar-refractivity contribution in [3.05, 3.63) is 35.2 Å². The van der Waals surface area contributed by atoms with Crippen LogP contribution in [0.3, 0.4) is 0 Å². The normalized spacial score (nSPS) is 21.0. The standard InChI is InChI=1S/C18H18F4N6O/c19-12-5-10(8-26-13(12)7-23)28-3-1-9(2-4-28)16(24)15-11(18(20,21)22)6-14(29)27-17(15)25/h5,8-9,11,24H,1-4,6,25H2,(H,27,29). The van der Waals surface area contributed by atoms with Crippen LogP contribution in [0.15, 0.2) is 23.7 Å². The second-order valence-electron chi connectivity index (χ2n) is 6.98. The summed E-state index contributed by atoms with van der Waals surface area (Å²) in [6.45, 7) is 0.743. The van der Waals surface area contributed by atoms with Crippen molar-refractivity contribution < 1.29 is 22.4 Å². The summed E-state index contributed by atoms with van der Waals surface area (Å²) in [5.74, 6) is -4.57. The molecule has 3 rings (SSSR count). The lowest BCUT2D eigenvalue weighted by Gasteiger charge is -2.36. The number of hydrogen-bond acceptors (Lipinski definition) is 6. The predicted octanol–water partition coefficient (Wildman–Crippen LogP) is 2.20. The number of piperidine rings is 1. The van der Waals surface area contributed by atoms with Gasteiger partial charge in [-0.1, -0.05) is 0 Å². The molecule has 0 aromatic carbocycles. The molecule has 0 aliphatic carbocycles. The fourth-order valence-electron chi connectivity index (χ4n) is 3.69. The number of carbonyl (C=O) groups is 1. The minimum Gasteiger partial charge on any atom is -0.385 e. The molecule has 7 nitrogen and oxygen atoms in total. The Morgan fingerprint density at radius 2 is 2.03 bits per heavy atom. The van der Waals surface area contributed by atoms with E-state index >= 15 is 0 Å². The molecule has 1 fully saturated rings. The second-order valence-corrected chi connectivity index (χ2v) is 6.98. The van der Waals surface area contributed by atoms with Gasteiger partial charge in [-0.3, -0.25) is 4.79 Å². The van der Waals surface area contributed by atoms with Gasteiger partial charge in [-0.15, -0.1) is 0 Å². The summed E-state index contributed by atoms with van der Waals surface area (Å²) >= 11 is 0. The largest absolute Gasteiger partial charge is 0.396 e. The SMILES string of the molecule is N#Cc1ncc(N2CCC(C(=N)C3=C(N)NC(=O)CC3C(F)(F)F)CC2)cc1F. The molecule has 1 saturated heterocycles. The number of nitrogens with two attached hydrogens (primary N) is 1. The van der Waals surface area contributed by atoms with Crippen molar-refractivity contribution in [2.75, 3.05) is 18.0 Å². The number of allylic oxidation sites excluding steroid dienone is 1. The Balaban J connectivity index is 1.74. The van der Waals surface area contributed by atoms with Crippen LogP contribution in [0.2, 0.25) is 0 Å². The van der Waals surface area contributed by atoms with Crippen molar-refractivity contribution in [3.8, 4) is 6.07 Å². The summed E-state index contributed by atoms with van der Waals surface area (Å²) in [5, 5.41) is 19.3. The Labute approximate surface area is 163 Å². The average molecular weight is 410 g/mol. The molecule has 3 heterocycles. The van der Waals surface area contributed by atoms with Gasteiger partial charge in [-0.2, -0.15) is 18.4 Å². The summed E-state index contributed by atoms with van der Waals surface area (Å²) in [4.78, 5) is 17.0. The minimum atomic E-state index is -4.68. The van der Waals surface area contributed by atoms with Crippen LogP contribution in [-0.2, 0) is 4.79 Å². The molecule has 154 valence electrons. The van der Waals surface area contributed by atoms with Gasteiger partial charge in [0.1, 0.15) is 11.9 Å². The Bertz CT molecular complexity index is 912. The Morgan fingerprint density at radius 1 is 1.38 bits per heavy atom. The van der Waals surface area contributed by atoms with Crippen LogP contribution >= 0.6 is 0 Å². The minimum absolute atomic E-state index is 0.228. The first-order valence-electron chi connectivity index (χ1n) is 8.87. The maximum absolute atomic E-state index is 13.8. The van der Waals surface area contributed by atoms with E-state index in [9.17, 15) is 22.4 Å². The summed E-state index contributed by atoms with van der Waals surface area (Å²) in [6.07, 6.45) is -3.40. The molecule has 1 aromatic heterocycles. The number of halogens is 4. The Kier molecular flexibility index (Phi) is 5.46. The van der Waals surface area contributed by atoms with Gasteiger partial charge in [0.15, 0.2) is 11.5 Å². The van der Waals surface area contributed by atoms with Gasteiger partial charge in [0, 0.05) is 42.8 Å². The third-order valence-corrected chi connectivity index (χ3v) is 5.19. The van der Waals surface area contributed by atoms with Crippen LogP contribution in [0, 0.1) is 34.4 Å². The van der Waals surface area contributed by atoms with Crippen LogP contribution in [0.25, 0.3) is 0 Å². The monoisotopic (exact) mass is 410 g/mol. The van der Waals surface area contributed by atoms with Gasteiger partial charge in [0.05, 0.1) is 17.8 Å². The van der Waals surface area contributed by atoms with E-state index in [1.54, 1.807) is 11.0 Å². The highest BCUT2D eigenvalue weighted by Crippen LogP contribution is 2.39. The number of aromatic nitrogens is 1. The van der Waals surface area contributed by atoms with Crippen molar-refractivity contribution in [1.29, 1.82) is 10.7 Å². The molecule has 1 aromatic rings. The quantitative estimate of drug-likeness (QED) is 0.521. The molecular formula is C18H18F4N6O. The molecule has 1 atom stereocenters. The Morgan fingerprint density at radius 3 is 2.59 bits per heavy atom. The number of nitriles is 1. The fraction of sp³-hybridized carbons (Fsp3) is 0.444. The van der Waals surface area contributed by atoms with E-state index in [4.69, 9.17) is 16.4 Å². The number of anilines is 1. The molecule has 11 heteroatoms. The summed E-state index contributed by atoms with van der Waals surface area (Å²) in [5.41, 5.74) is 5.19. The first kappa shape index (κ1) is 20.6. The highest BCUT2D eigenvalue weighted by atomic mass is 19.4. The lowest BCUT2D eigenvalue weighted by molar-refractivity contribution is -0.169. The van der Waals surface area contributed by atoms with E-state index in [-0.39, 0.29) is 17.0 Å². The third kappa shape index (κ3) is 4.16. The van der Waals surface area contributed by atoms with E-state index in [0.717, 1.165) is 0 Å². The molecule has 29 heavy (non-hydrogen) atoms. The average Bonchev–Trinajstić information content (AvgIpc) is 2.66. The summed E-state index contributed by atoms with van der Waals surface area (Å²) in [6, 6.07) is 2.82. The zero-order chi connectivity index (χ0) is 21.3. The first-order valence-corrected chi connectivity index (χ1v) is 8.87. The zero-order valence-corrected chi connectivity index (χ0v) is 15.2. The number of nitrogens with zero attached hydrogens (tertiary/aromatic N) is 3. The highest BCUT2D eigenvalue weighted by molar-refractivity contribution is 6.02. The number of hydrogen-bond donors (Lipinski definition) is 3. The van der Waals surface area contributed by atoms with E-state index in [1.807, 2.05) is 0 Å². The van der Waals surface area contributed by atoms with Gasteiger partial charge < -0.3 is 21.4 Å². The molecule has 0 radical (unpaired) electrons. The fourth-order valence-corrected chi connectivity index (χ4v) is 3.69. The Hall–Kier alpha value is -3.16. The van der Waals surface area contributed by atoms with Crippen molar-refractivity contribution in [2.24, 2.45) is 17.6 Å². The predicted molar refractivity (Wildman–Crippen MR) is 95.1 cm³/mol. The maximum atomic E-state index is 13.8. The van der Waals surface area contributed by atoms with E-state index in [1.165, 1.54) is 12.3 Å². The van der Waals surface area contributed by atoms with Crippen molar-refractivity contribution in [3.63, 3.8) is 0 Å². The van der Waals surface area contributed by atoms with Crippen LogP contribution in [0.4, 0.5) is 23.2 Å². The topological polar surface area (TPSA) is 119 Å². The van der Waals surface area contributed by atoms with Crippen molar-refractivity contribution in [2.45, 2.75) is 25.4 Å². The smallest absolute Gasteiger partial charge is 0.385 e. The van der Waals surface area contributed by atoms with Crippen LogP contribution < -0.4 is 16.0 Å². The van der Waals surface area contributed by atoms with E-state index < -0.39 is 42.0 Å². The molecular weight excluding hydrogens is 392 g/mol. The third-order valence-electron chi connectivity index (χ3n) is 5.19. The highest BCUT2D eigenvalue weighted by Gasteiger charge is 2.48. The van der Waals surface area contributed by atoms with Gasteiger partial charge in [-0.25, -0.2) is 9.37 Å². The zero-order valence-electron chi connectivity index (χ0n) is 15.2. The number of rotatable bonds is 3. The second kappa shape index (κ2) is 7.69. The molecule has 2 aliphatic heterocycles. The lowest BCUT2D eigenvalue weighted by Crippen LogP contribution is -2.46. The van der Waals surface area contributed by atoms with Gasteiger partial charge >= 0.3 is 6.18 Å². The van der Waals surface area contributed by atoms with E-state index in [2.05, 4.69) is 10.3 Å². The van der Waals surface area contributed by atoms with Crippen LogP contribution in [0.5, 0.6) is 0 Å². The van der Waals surface area contributed by atoms with Gasteiger partial charge in [0.2, 0.25) is 5.91 Å². The number of amides is 1. The van der Waals surface area contributed by atoms with E-state index in [0.29, 0.717) is 31.6 Å². The number of alkyl halides is 3. The molecule has 1 unspecified atom stereocenters. The maximum Gasteiger partial charge on any atom is 0.396 e. The van der Waals surface area contributed by atoms with Crippen molar-refractivity contribution >= 4 is 17.3 Å². The summed E-state index contributed by atoms with van der Waals surface area (Å²) in [7, 11) is 0. The van der Waals surface area contributed by atoms with Crippen molar-refractivity contribution in [1.82, 2.24) is 10.3 Å². The molecule has 0 bridgehead atoms.